The van der Waals surface area contributed by atoms with E-state index in [-0.39, 0.29) is 38.4 Å². The van der Waals surface area contributed by atoms with Crippen LogP contribution in [0, 0.1) is 0 Å². The Hall–Kier alpha value is -3.97. The summed E-state index contributed by atoms with van der Waals surface area (Å²) in [5, 5.41) is 8.37. The highest BCUT2D eigenvalue weighted by Gasteiger charge is 2.48. The maximum Gasteiger partial charge on any atom is 0.408 e. The number of hydrogen-bond donors (Lipinski definition) is 3. The maximum atomic E-state index is 12.6. The van der Waals surface area contributed by atoms with Crippen molar-refractivity contribution in [2.24, 2.45) is 5.73 Å². The molecule has 2 rings (SSSR count). The van der Waals surface area contributed by atoms with Crippen molar-refractivity contribution in [3.63, 3.8) is 0 Å². The van der Waals surface area contributed by atoms with Gasteiger partial charge >= 0.3 is 24.6 Å². The third-order valence-electron chi connectivity index (χ3n) is 4.46. The van der Waals surface area contributed by atoms with Gasteiger partial charge in [-0.1, -0.05) is 35.5 Å². The second-order valence-electron chi connectivity index (χ2n) is 8.47. The zero-order chi connectivity index (χ0) is 26.6. The van der Waals surface area contributed by atoms with Gasteiger partial charge < -0.3 is 34.1 Å². The summed E-state index contributed by atoms with van der Waals surface area (Å²) in [6.45, 7) is 5.01. The van der Waals surface area contributed by atoms with Crippen LogP contribution in [0.5, 0.6) is 0 Å². The first-order valence-corrected chi connectivity index (χ1v) is 11.0. The molecule has 1 aromatic carbocycles. The van der Waals surface area contributed by atoms with Crippen molar-refractivity contribution >= 4 is 24.6 Å². The Labute approximate surface area is 207 Å². The minimum Gasteiger partial charge on any atom is -0.445 e. The van der Waals surface area contributed by atoms with Crippen LogP contribution in [0.3, 0.4) is 0 Å². The van der Waals surface area contributed by atoms with E-state index in [9.17, 15) is 19.2 Å². The quantitative estimate of drug-likeness (QED) is 0.0951. The molecule has 0 saturated carbocycles. The maximum absolute atomic E-state index is 12.6. The van der Waals surface area contributed by atoms with Gasteiger partial charge in [-0.25, -0.2) is 14.4 Å². The average molecular weight is 507 g/mol. The molecule has 1 aromatic heterocycles. The number of rotatable bonds is 12. The van der Waals surface area contributed by atoms with E-state index in [0.29, 0.717) is 5.56 Å². The molecule has 0 spiro atoms. The highest BCUT2D eigenvalue weighted by Crippen LogP contribution is 2.25. The van der Waals surface area contributed by atoms with Gasteiger partial charge in [-0.2, -0.15) is 0 Å². The Balaban J connectivity index is 2.08. The van der Waals surface area contributed by atoms with Gasteiger partial charge in [-0.05, 0) is 32.8 Å². The molecule has 0 fully saturated rings. The van der Waals surface area contributed by atoms with E-state index in [2.05, 4.69) is 20.5 Å². The fourth-order valence-electron chi connectivity index (χ4n) is 2.87. The van der Waals surface area contributed by atoms with Gasteiger partial charge in [0, 0.05) is 12.6 Å². The third kappa shape index (κ3) is 9.00. The van der Waals surface area contributed by atoms with Crippen LogP contribution in [0.25, 0.3) is 0 Å². The lowest BCUT2D eigenvalue weighted by molar-refractivity contribution is -0.164. The van der Waals surface area contributed by atoms with Crippen molar-refractivity contribution < 1.29 is 42.6 Å². The molecule has 0 aliphatic rings. The van der Waals surface area contributed by atoms with Crippen molar-refractivity contribution in [3.05, 3.63) is 53.9 Å². The lowest BCUT2D eigenvalue weighted by Gasteiger charge is -2.33. The molecule has 0 aliphatic heterocycles. The molecule has 2 aromatic rings. The van der Waals surface area contributed by atoms with Crippen LogP contribution in [0.15, 0.2) is 47.1 Å². The van der Waals surface area contributed by atoms with E-state index >= 15 is 0 Å². The number of amides is 2. The van der Waals surface area contributed by atoms with E-state index in [4.69, 9.17) is 24.5 Å². The van der Waals surface area contributed by atoms with Crippen LogP contribution in [0.4, 0.5) is 9.59 Å². The predicted molar refractivity (Wildman–Crippen MR) is 123 cm³/mol. The molecule has 0 radical (unpaired) electrons. The molecule has 13 heteroatoms. The van der Waals surface area contributed by atoms with Gasteiger partial charge in [-0.15, -0.1) is 0 Å². The number of aromatic nitrogens is 1. The second kappa shape index (κ2) is 13.2. The van der Waals surface area contributed by atoms with E-state index in [0.717, 1.165) is 0 Å². The molecule has 2 atom stereocenters. The van der Waals surface area contributed by atoms with Crippen LogP contribution in [-0.2, 0) is 40.9 Å². The fourth-order valence-corrected chi connectivity index (χ4v) is 2.87. The topological polar surface area (TPSA) is 181 Å². The number of ether oxygens (including phenoxy) is 4. The Morgan fingerprint density at radius 1 is 1.14 bits per heavy atom. The monoisotopic (exact) mass is 506 g/mol. The lowest BCUT2D eigenvalue weighted by atomic mass is 10.0. The third-order valence-corrected chi connectivity index (χ3v) is 4.46. The number of nitrogens with zero attached hydrogens (tertiary/aromatic N) is 1. The van der Waals surface area contributed by atoms with E-state index in [1.54, 1.807) is 51.1 Å². The fraction of sp³-hybridized carbons (Fsp3) is 0.435. The van der Waals surface area contributed by atoms with Gasteiger partial charge in [0.05, 0.1) is 12.8 Å². The van der Waals surface area contributed by atoms with Crippen LogP contribution >= 0.6 is 0 Å². The number of alkyl carbamates (subject to hydrolysis) is 2. The first kappa shape index (κ1) is 28.3. The molecule has 2 amide bonds. The summed E-state index contributed by atoms with van der Waals surface area (Å²) < 4.78 is 25.5. The molecule has 196 valence electrons. The van der Waals surface area contributed by atoms with Gasteiger partial charge in [-0.3, -0.25) is 10.5 Å². The van der Waals surface area contributed by atoms with Crippen LogP contribution in [-0.4, -0.2) is 54.6 Å². The number of esters is 1. The number of carbonyl (C=O) groups is 4. The van der Waals surface area contributed by atoms with Crippen molar-refractivity contribution in [2.75, 3.05) is 13.2 Å². The number of nitrogens with two attached hydrogens (primary N) is 1. The van der Waals surface area contributed by atoms with Gasteiger partial charge in [0.1, 0.15) is 12.2 Å². The molecule has 13 nitrogen and oxygen atoms in total. The van der Waals surface area contributed by atoms with E-state index in [1.807, 2.05) is 0 Å². The molecular formula is C23H30N4O9. The van der Waals surface area contributed by atoms with Crippen molar-refractivity contribution in [3.8, 4) is 0 Å². The van der Waals surface area contributed by atoms with Gasteiger partial charge in [0.2, 0.25) is 5.72 Å². The van der Waals surface area contributed by atoms with Crippen LogP contribution in [0.2, 0.25) is 0 Å². The van der Waals surface area contributed by atoms with Crippen molar-refractivity contribution in [2.45, 2.75) is 51.2 Å². The minimum absolute atomic E-state index is 0.0980. The first-order chi connectivity index (χ1) is 17.0. The smallest absolute Gasteiger partial charge is 0.408 e. The Bertz CT molecular complexity index is 993. The normalized spacial score (nSPS) is 13.6. The van der Waals surface area contributed by atoms with Crippen LogP contribution in [0.1, 0.15) is 38.5 Å². The lowest BCUT2D eigenvalue weighted by Crippen LogP contribution is -2.62. The summed E-state index contributed by atoms with van der Waals surface area (Å²) >= 11 is 0. The van der Waals surface area contributed by atoms with E-state index in [1.165, 1.54) is 12.3 Å². The summed E-state index contributed by atoms with van der Waals surface area (Å²) in [6, 6.07) is 8.36. The molecule has 4 N–H and O–H groups in total. The molecule has 0 bridgehead atoms. The molecular weight excluding hydrogens is 476 g/mol. The standard InChI is InChI=1S/C23H30N4O9/c1-22(2,3)35-20(30)25-11-7-13-34-23(24,17-10-12-26-36-17)18(19(29)33-15-28)27-21(31)32-14-16-8-5-4-6-9-16/h4-6,8-10,12,15,18H,7,11,13-14,24H2,1-3H3,(H,25,30)(H,27,31). The number of hydrogen-bond acceptors (Lipinski definition) is 11. The molecule has 36 heavy (non-hydrogen) atoms. The first-order valence-electron chi connectivity index (χ1n) is 11.0. The van der Waals surface area contributed by atoms with Crippen molar-refractivity contribution in [1.82, 2.24) is 15.8 Å². The van der Waals surface area contributed by atoms with Gasteiger partial charge in [0.15, 0.2) is 11.8 Å². The number of carbonyl (C=O) groups excluding carboxylic acids is 4. The summed E-state index contributed by atoms with van der Waals surface area (Å²) in [5.41, 5.74) is 4.26. The summed E-state index contributed by atoms with van der Waals surface area (Å²) in [5.74, 6) is -1.37. The zero-order valence-corrected chi connectivity index (χ0v) is 20.2. The molecule has 0 aliphatic carbocycles. The highest BCUT2D eigenvalue weighted by molar-refractivity contribution is 5.86. The Morgan fingerprint density at radius 2 is 1.86 bits per heavy atom. The molecule has 0 saturated heterocycles. The SMILES string of the molecule is CC(C)(C)OC(=O)NCCCOC(N)(c1ccno1)C(NC(=O)OCc1ccccc1)C(=O)OC=O. The van der Waals surface area contributed by atoms with Gasteiger partial charge in [0.25, 0.3) is 0 Å². The van der Waals surface area contributed by atoms with Crippen LogP contribution < -0.4 is 16.4 Å². The zero-order valence-electron chi connectivity index (χ0n) is 20.2. The van der Waals surface area contributed by atoms with Crippen molar-refractivity contribution in [1.29, 1.82) is 0 Å². The largest absolute Gasteiger partial charge is 0.445 e. The highest BCUT2D eigenvalue weighted by atomic mass is 16.6. The molecule has 1 heterocycles. The number of benzene rings is 1. The average Bonchev–Trinajstić information content (AvgIpc) is 3.36. The minimum atomic E-state index is -2.14. The predicted octanol–water partition coefficient (Wildman–Crippen LogP) is 1.71. The number of nitrogens with one attached hydrogen (secondary N) is 2. The summed E-state index contributed by atoms with van der Waals surface area (Å²) in [6.07, 6.45) is -0.163. The summed E-state index contributed by atoms with van der Waals surface area (Å²) in [4.78, 5) is 47.7. The second-order valence-corrected chi connectivity index (χ2v) is 8.47. The summed E-state index contributed by atoms with van der Waals surface area (Å²) in [7, 11) is 0. The van der Waals surface area contributed by atoms with E-state index < -0.39 is 35.5 Å². The Kier molecular flexibility index (Phi) is 10.4. The molecule has 2 unspecified atom stereocenters. The Morgan fingerprint density at radius 3 is 2.47 bits per heavy atom.